The van der Waals surface area contributed by atoms with Gasteiger partial charge in [-0.3, -0.25) is 9.59 Å². The smallest absolute Gasteiger partial charge is 0.238 e. The van der Waals surface area contributed by atoms with Gasteiger partial charge in [0.15, 0.2) is 0 Å². The minimum Gasteiger partial charge on any atom is -0.391 e. The molecule has 0 spiro atoms. The summed E-state index contributed by atoms with van der Waals surface area (Å²) < 4.78 is 0. The molecule has 152 valence electrons. The van der Waals surface area contributed by atoms with Crippen LogP contribution < -0.4 is 4.90 Å². The highest BCUT2D eigenvalue weighted by molar-refractivity contribution is 6.34. The molecular formula is C24H21ClN2O3. The Kier molecular flexibility index (Phi) is 3.73. The molecule has 2 aliphatic heterocycles. The van der Waals surface area contributed by atoms with Crippen molar-refractivity contribution in [2.24, 2.45) is 34.7 Å². The van der Waals surface area contributed by atoms with Gasteiger partial charge in [-0.2, -0.15) is 0 Å². The lowest BCUT2D eigenvalue weighted by Crippen LogP contribution is -2.41. The third-order valence-electron chi connectivity index (χ3n) is 7.50. The number of aryl methyl sites for hydroxylation is 2. The van der Waals surface area contributed by atoms with Crippen molar-refractivity contribution < 1.29 is 14.4 Å². The quantitative estimate of drug-likeness (QED) is 0.686. The summed E-state index contributed by atoms with van der Waals surface area (Å²) in [4.78, 5) is 34.4. The van der Waals surface area contributed by atoms with Gasteiger partial charge in [0.05, 0.1) is 23.2 Å². The van der Waals surface area contributed by atoms with Crippen LogP contribution in [0.3, 0.4) is 0 Å². The van der Waals surface area contributed by atoms with Crippen LogP contribution in [-0.4, -0.2) is 23.6 Å². The first kappa shape index (κ1) is 18.1. The predicted molar refractivity (Wildman–Crippen MR) is 113 cm³/mol. The first-order valence-corrected chi connectivity index (χ1v) is 10.8. The van der Waals surface area contributed by atoms with E-state index in [1.54, 1.807) is 0 Å². The summed E-state index contributed by atoms with van der Waals surface area (Å²) >= 11 is 6.43. The molecule has 4 aliphatic rings. The highest BCUT2D eigenvalue weighted by Gasteiger charge is 2.70. The van der Waals surface area contributed by atoms with E-state index in [2.05, 4.69) is 5.16 Å². The fraction of sp³-hybridized carbons (Fsp3) is 0.375. The zero-order valence-electron chi connectivity index (χ0n) is 16.7. The van der Waals surface area contributed by atoms with Gasteiger partial charge in [0, 0.05) is 22.4 Å². The number of hydrogen-bond donors (Lipinski definition) is 0. The average molecular weight is 421 g/mol. The van der Waals surface area contributed by atoms with Crippen LogP contribution in [0.5, 0.6) is 0 Å². The second-order valence-corrected chi connectivity index (χ2v) is 9.33. The molecule has 2 heterocycles. The summed E-state index contributed by atoms with van der Waals surface area (Å²) in [5.41, 5.74) is 4.31. The van der Waals surface area contributed by atoms with Crippen LogP contribution in [0.2, 0.25) is 5.02 Å². The molecule has 5 nitrogen and oxygen atoms in total. The number of imide groups is 1. The SMILES string of the molecule is Cc1cccc(C)c1N1C(=O)[C@@H]2[C@H]3C[C@@H]([C@@H]4ON=C(c5ccccc5Cl)[C@@H]34)[C@H]2C1=O. The van der Waals surface area contributed by atoms with Crippen LogP contribution in [0.25, 0.3) is 0 Å². The highest BCUT2D eigenvalue weighted by atomic mass is 35.5. The topological polar surface area (TPSA) is 59.0 Å². The number of carbonyl (C=O) groups excluding carboxylic acids is 2. The standard InChI is InChI=1S/C24H21ClN2O3/c1-11-6-5-7-12(2)21(11)27-23(28)17-14-10-15(18(17)24(27)29)22-19(14)20(26-30-22)13-8-3-4-9-16(13)25/h3-9,14-15,17-19,22H,10H2,1-2H3/t14-,15-,17-,18-,19-,22+/m1/s1. The summed E-state index contributed by atoms with van der Waals surface area (Å²) in [6.07, 6.45) is 0.670. The Balaban J connectivity index is 1.40. The highest BCUT2D eigenvalue weighted by Crippen LogP contribution is 2.62. The summed E-state index contributed by atoms with van der Waals surface area (Å²) in [6.45, 7) is 3.90. The van der Waals surface area contributed by atoms with Gasteiger partial charge in [-0.15, -0.1) is 0 Å². The van der Waals surface area contributed by atoms with E-state index in [1.165, 1.54) is 4.90 Å². The molecule has 30 heavy (non-hydrogen) atoms. The lowest BCUT2D eigenvalue weighted by molar-refractivity contribution is -0.125. The predicted octanol–water partition coefficient (Wildman–Crippen LogP) is 4.13. The molecule has 0 N–H and O–H groups in total. The summed E-state index contributed by atoms with van der Waals surface area (Å²) in [5, 5.41) is 5.00. The van der Waals surface area contributed by atoms with E-state index in [9.17, 15) is 9.59 Å². The normalized spacial score (nSPS) is 33.6. The lowest BCUT2D eigenvalue weighted by Gasteiger charge is -2.30. The van der Waals surface area contributed by atoms with Crippen LogP contribution in [0.1, 0.15) is 23.1 Å². The molecule has 0 radical (unpaired) electrons. The Morgan fingerprint density at radius 2 is 1.60 bits per heavy atom. The number of hydrogen-bond acceptors (Lipinski definition) is 4. The number of anilines is 1. The zero-order chi connectivity index (χ0) is 20.7. The first-order valence-electron chi connectivity index (χ1n) is 10.4. The van der Waals surface area contributed by atoms with Crippen molar-refractivity contribution in [3.05, 3.63) is 64.2 Å². The third kappa shape index (κ3) is 2.16. The molecule has 2 amide bonds. The Morgan fingerprint density at radius 1 is 0.933 bits per heavy atom. The number of carbonyl (C=O) groups is 2. The molecule has 2 saturated carbocycles. The summed E-state index contributed by atoms with van der Waals surface area (Å²) in [6, 6.07) is 13.5. The largest absolute Gasteiger partial charge is 0.391 e. The van der Waals surface area contributed by atoms with Crippen LogP contribution in [0.4, 0.5) is 5.69 Å². The zero-order valence-corrected chi connectivity index (χ0v) is 17.5. The van der Waals surface area contributed by atoms with Crippen molar-refractivity contribution in [2.75, 3.05) is 4.90 Å². The van der Waals surface area contributed by atoms with Gasteiger partial charge < -0.3 is 4.84 Å². The molecule has 2 aliphatic carbocycles. The maximum atomic E-state index is 13.6. The molecule has 6 heteroatoms. The molecular weight excluding hydrogens is 400 g/mol. The van der Waals surface area contributed by atoms with E-state index in [-0.39, 0.29) is 47.5 Å². The van der Waals surface area contributed by atoms with Crippen molar-refractivity contribution in [1.82, 2.24) is 0 Å². The van der Waals surface area contributed by atoms with Gasteiger partial charge in [0.25, 0.3) is 0 Å². The second kappa shape index (κ2) is 6.17. The van der Waals surface area contributed by atoms with E-state index in [0.717, 1.165) is 34.5 Å². The number of halogens is 1. The van der Waals surface area contributed by atoms with Gasteiger partial charge in [0.2, 0.25) is 11.8 Å². The molecule has 2 aromatic carbocycles. The molecule has 6 atom stereocenters. The Labute approximate surface area is 179 Å². The fourth-order valence-corrected chi connectivity index (χ4v) is 6.63. The van der Waals surface area contributed by atoms with Crippen LogP contribution in [0.15, 0.2) is 47.6 Å². The van der Waals surface area contributed by atoms with Gasteiger partial charge in [-0.1, -0.05) is 53.2 Å². The van der Waals surface area contributed by atoms with Gasteiger partial charge in [0.1, 0.15) is 6.10 Å². The summed E-state index contributed by atoms with van der Waals surface area (Å²) in [5.74, 6) is -0.707. The van der Waals surface area contributed by atoms with E-state index < -0.39 is 0 Å². The number of fused-ring (bicyclic) bond motifs is 8. The van der Waals surface area contributed by atoms with E-state index >= 15 is 0 Å². The van der Waals surface area contributed by atoms with Gasteiger partial charge in [-0.05, 0) is 43.4 Å². The Morgan fingerprint density at radius 3 is 2.30 bits per heavy atom. The number of benzene rings is 2. The molecule has 0 unspecified atom stereocenters. The van der Waals surface area contributed by atoms with Crippen molar-refractivity contribution in [1.29, 1.82) is 0 Å². The first-order chi connectivity index (χ1) is 14.5. The monoisotopic (exact) mass is 420 g/mol. The maximum absolute atomic E-state index is 13.6. The number of amides is 2. The average Bonchev–Trinajstić information content (AvgIpc) is 3.45. The molecule has 2 bridgehead atoms. The van der Waals surface area contributed by atoms with Crippen molar-refractivity contribution >= 4 is 34.8 Å². The molecule has 1 saturated heterocycles. The van der Waals surface area contributed by atoms with Gasteiger partial charge >= 0.3 is 0 Å². The van der Waals surface area contributed by atoms with Crippen molar-refractivity contribution in [3.63, 3.8) is 0 Å². The molecule has 0 aromatic heterocycles. The minimum atomic E-state index is -0.316. The number of rotatable bonds is 2. The molecule has 3 fully saturated rings. The Hall–Kier alpha value is -2.66. The number of oxime groups is 1. The molecule has 2 aromatic rings. The second-order valence-electron chi connectivity index (χ2n) is 8.92. The fourth-order valence-electron chi connectivity index (χ4n) is 6.40. The van der Waals surface area contributed by atoms with Crippen molar-refractivity contribution in [3.8, 4) is 0 Å². The van der Waals surface area contributed by atoms with E-state index in [4.69, 9.17) is 16.4 Å². The van der Waals surface area contributed by atoms with Crippen LogP contribution in [0, 0.1) is 43.4 Å². The minimum absolute atomic E-state index is 0.00539. The lowest BCUT2D eigenvalue weighted by atomic mass is 9.71. The van der Waals surface area contributed by atoms with Crippen LogP contribution in [-0.2, 0) is 14.4 Å². The number of para-hydroxylation sites is 1. The van der Waals surface area contributed by atoms with E-state index in [0.29, 0.717) is 5.02 Å². The summed E-state index contributed by atoms with van der Waals surface area (Å²) in [7, 11) is 0. The number of nitrogens with zero attached hydrogens (tertiary/aromatic N) is 2. The van der Waals surface area contributed by atoms with Crippen LogP contribution >= 0.6 is 11.6 Å². The maximum Gasteiger partial charge on any atom is 0.238 e. The van der Waals surface area contributed by atoms with E-state index in [1.807, 2.05) is 56.3 Å². The van der Waals surface area contributed by atoms with Gasteiger partial charge in [-0.25, -0.2) is 4.90 Å². The Bertz CT molecular complexity index is 1120. The molecule has 6 rings (SSSR count). The third-order valence-corrected chi connectivity index (χ3v) is 7.83. The van der Waals surface area contributed by atoms with Crippen molar-refractivity contribution in [2.45, 2.75) is 26.4 Å².